The fourth-order valence-electron chi connectivity index (χ4n) is 1.19. The monoisotopic (exact) mass is 218 g/mol. The highest BCUT2D eigenvalue weighted by molar-refractivity contribution is 7.91. The lowest BCUT2D eigenvalue weighted by molar-refractivity contribution is 0.595. The third kappa shape index (κ3) is 1.89. The number of hydrogen-bond acceptors (Lipinski definition) is 3. The molecule has 0 saturated heterocycles. The predicted octanol–water partition coefficient (Wildman–Crippen LogP) is 1.71. The molecule has 1 aromatic heterocycles. The molecule has 1 radical (unpaired) electrons. The summed E-state index contributed by atoms with van der Waals surface area (Å²) in [5.41, 5.74) is 0. The van der Waals surface area contributed by atoms with E-state index in [0.717, 1.165) is 0 Å². The van der Waals surface area contributed by atoms with Crippen LogP contribution in [0.1, 0.15) is 0 Å². The number of sulfone groups is 1. The summed E-state index contributed by atoms with van der Waals surface area (Å²) in [5.74, 6) is 0. The summed E-state index contributed by atoms with van der Waals surface area (Å²) in [5, 5.41) is 0. The molecule has 1 aromatic carbocycles. The molecule has 0 bridgehead atoms. The number of rotatable bonds is 2. The van der Waals surface area contributed by atoms with Gasteiger partial charge in [0.1, 0.15) is 6.20 Å². The normalized spacial score (nSPS) is 11.2. The van der Waals surface area contributed by atoms with E-state index in [0.29, 0.717) is 0 Å². The summed E-state index contributed by atoms with van der Waals surface area (Å²) in [4.78, 5) is 4.02. The fraction of sp³-hybridized carbons (Fsp3) is 0. The zero-order chi connectivity index (χ0) is 10.7. The molecule has 0 atom stereocenters. The van der Waals surface area contributed by atoms with Crippen LogP contribution in [0, 0.1) is 6.20 Å². The predicted molar refractivity (Wildman–Crippen MR) is 55.0 cm³/mol. The highest BCUT2D eigenvalue weighted by atomic mass is 32.2. The first kappa shape index (κ1) is 9.86. The summed E-state index contributed by atoms with van der Waals surface area (Å²) >= 11 is 0. The van der Waals surface area contributed by atoms with Gasteiger partial charge in [-0.05, 0) is 24.3 Å². The minimum Gasteiger partial charge on any atom is -0.253 e. The van der Waals surface area contributed by atoms with E-state index in [-0.39, 0.29) is 9.79 Å². The molecule has 2 aromatic rings. The van der Waals surface area contributed by atoms with Crippen LogP contribution >= 0.6 is 0 Å². The van der Waals surface area contributed by atoms with Crippen molar-refractivity contribution in [3.05, 3.63) is 54.9 Å². The van der Waals surface area contributed by atoms with Gasteiger partial charge in [-0.15, -0.1) is 0 Å². The molecule has 1 heterocycles. The van der Waals surface area contributed by atoms with Crippen molar-refractivity contribution in [3.63, 3.8) is 0 Å². The summed E-state index contributed by atoms with van der Waals surface area (Å²) in [7, 11) is -3.46. The first-order valence-corrected chi connectivity index (χ1v) is 5.82. The van der Waals surface area contributed by atoms with Gasteiger partial charge in [-0.25, -0.2) is 8.42 Å². The standard InChI is InChI=1S/C11H8NO2S/c13-15(14,10-5-2-1-3-6-10)11-7-4-8-12-9-11/h1-8H. The molecule has 0 aliphatic carbocycles. The quantitative estimate of drug-likeness (QED) is 0.771. The van der Waals surface area contributed by atoms with E-state index in [2.05, 4.69) is 11.2 Å². The second kappa shape index (κ2) is 3.82. The van der Waals surface area contributed by atoms with Crippen molar-refractivity contribution in [2.24, 2.45) is 0 Å². The second-order valence-electron chi connectivity index (χ2n) is 2.93. The van der Waals surface area contributed by atoms with Gasteiger partial charge in [0.25, 0.3) is 0 Å². The van der Waals surface area contributed by atoms with Gasteiger partial charge in [-0.3, -0.25) is 4.98 Å². The SMILES string of the molecule is O=S(=O)(c1[c]nccc1)c1ccccc1. The van der Waals surface area contributed by atoms with Crippen LogP contribution in [-0.4, -0.2) is 13.4 Å². The maximum absolute atomic E-state index is 12.0. The van der Waals surface area contributed by atoms with Crippen molar-refractivity contribution in [1.29, 1.82) is 0 Å². The number of benzene rings is 1. The highest BCUT2D eigenvalue weighted by Gasteiger charge is 2.16. The molecule has 75 valence electrons. The van der Waals surface area contributed by atoms with E-state index in [9.17, 15) is 8.42 Å². The van der Waals surface area contributed by atoms with E-state index in [1.54, 1.807) is 36.4 Å². The van der Waals surface area contributed by atoms with Crippen molar-refractivity contribution in [2.45, 2.75) is 9.79 Å². The van der Waals surface area contributed by atoms with Crippen LogP contribution in [0.5, 0.6) is 0 Å². The first-order valence-electron chi connectivity index (χ1n) is 4.34. The van der Waals surface area contributed by atoms with Crippen molar-refractivity contribution < 1.29 is 8.42 Å². The van der Waals surface area contributed by atoms with Gasteiger partial charge in [0.2, 0.25) is 9.84 Å². The van der Waals surface area contributed by atoms with Gasteiger partial charge in [0, 0.05) is 6.20 Å². The molecule has 0 fully saturated rings. The van der Waals surface area contributed by atoms with Gasteiger partial charge < -0.3 is 0 Å². The Morgan fingerprint density at radius 2 is 1.73 bits per heavy atom. The topological polar surface area (TPSA) is 47.0 Å². The second-order valence-corrected chi connectivity index (χ2v) is 4.85. The number of nitrogens with zero attached hydrogens (tertiary/aromatic N) is 1. The van der Waals surface area contributed by atoms with Crippen molar-refractivity contribution in [3.8, 4) is 0 Å². The molecule has 0 aliphatic heterocycles. The van der Waals surface area contributed by atoms with Crippen LogP contribution in [-0.2, 0) is 9.84 Å². The van der Waals surface area contributed by atoms with E-state index < -0.39 is 9.84 Å². The Kier molecular flexibility index (Phi) is 2.51. The largest absolute Gasteiger partial charge is 0.253 e. The van der Waals surface area contributed by atoms with Crippen LogP contribution < -0.4 is 0 Å². The minimum absolute atomic E-state index is 0.0937. The average Bonchev–Trinajstić information content (AvgIpc) is 2.31. The lowest BCUT2D eigenvalue weighted by atomic mass is 10.4. The van der Waals surface area contributed by atoms with Crippen LogP contribution in [0.15, 0.2) is 58.5 Å². The van der Waals surface area contributed by atoms with Crippen LogP contribution in [0.2, 0.25) is 0 Å². The zero-order valence-electron chi connectivity index (χ0n) is 7.79. The molecule has 0 unspecified atom stereocenters. The summed E-state index contributed by atoms with van der Waals surface area (Å²) in [6.07, 6.45) is 3.96. The molecule has 0 saturated carbocycles. The lowest BCUT2D eigenvalue weighted by Crippen LogP contribution is -2.01. The molecular weight excluding hydrogens is 210 g/mol. The van der Waals surface area contributed by atoms with Gasteiger partial charge in [0.15, 0.2) is 0 Å². The molecule has 0 amide bonds. The Balaban J connectivity index is 2.55. The van der Waals surface area contributed by atoms with E-state index in [4.69, 9.17) is 0 Å². The Morgan fingerprint density at radius 1 is 1.00 bits per heavy atom. The molecule has 0 spiro atoms. The van der Waals surface area contributed by atoms with Crippen molar-refractivity contribution in [2.75, 3.05) is 0 Å². The first-order chi connectivity index (χ1) is 7.21. The zero-order valence-corrected chi connectivity index (χ0v) is 8.61. The maximum Gasteiger partial charge on any atom is 0.208 e. The van der Waals surface area contributed by atoms with Crippen molar-refractivity contribution >= 4 is 9.84 Å². The Bertz CT molecular complexity index is 490. The summed E-state index contributed by atoms with van der Waals surface area (Å²) in [6, 6.07) is 11.3. The number of pyridine rings is 1. The average molecular weight is 218 g/mol. The molecule has 4 heteroatoms. The van der Waals surface area contributed by atoms with Crippen LogP contribution in [0.4, 0.5) is 0 Å². The lowest BCUT2D eigenvalue weighted by Gasteiger charge is -2.02. The van der Waals surface area contributed by atoms with E-state index in [1.807, 2.05) is 0 Å². The van der Waals surface area contributed by atoms with Crippen LogP contribution in [0.3, 0.4) is 0 Å². The van der Waals surface area contributed by atoms with Gasteiger partial charge in [-0.1, -0.05) is 18.2 Å². The van der Waals surface area contributed by atoms with Crippen molar-refractivity contribution in [1.82, 2.24) is 4.98 Å². The molecule has 3 nitrogen and oxygen atoms in total. The molecule has 0 N–H and O–H groups in total. The Hall–Kier alpha value is -1.68. The van der Waals surface area contributed by atoms with E-state index in [1.165, 1.54) is 12.3 Å². The number of aromatic nitrogens is 1. The minimum atomic E-state index is -3.46. The third-order valence-corrected chi connectivity index (χ3v) is 3.63. The molecule has 0 aliphatic rings. The Morgan fingerprint density at radius 3 is 2.33 bits per heavy atom. The summed E-state index contributed by atoms with van der Waals surface area (Å²) in [6.45, 7) is 0. The van der Waals surface area contributed by atoms with Gasteiger partial charge in [0.05, 0.1) is 9.79 Å². The molecule has 15 heavy (non-hydrogen) atoms. The smallest absolute Gasteiger partial charge is 0.208 e. The third-order valence-electron chi connectivity index (χ3n) is 1.93. The van der Waals surface area contributed by atoms with Crippen LogP contribution in [0.25, 0.3) is 0 Å². The fourth-order valence-corrected chi connectivity index (χ4v) is 2.39. The molecular formula is C11H8NO2S. The maximum atomic E-state index is 12.0. The van der Waals surface area contributed by atoms with Gasteiger partial charge >= 0.3 is 0 Å². The Labute approximate surface area is 88.3 Å². The molecule has 2 rings (SSSR count). The summed E-state index contributed by atoms with van der Waals surface area (Å²) < 4.78 is 23.9. The van der Waals surface area contributed by atoms with Gasteiger partial charge in [-0.2, -0.15) is 0 Å². The van der Waals surface area contributed by atoms with E-state index >= 15 is 0 Å². The highest BCUT2D eigenvalue weighted by Crippen LogP contribution is 2.18. The number of hydrogen-bond donors (Lipinski definition) is 0.